The monoisotopic (exact) mass is 488 g/mol. The van der Waals surface area contributed by atoms with E-state index in [0.717, 1.165) is 30.4 Å². The predicted octanol–water partition coefficient (Wildman–Crippen LogP) is 4.27. The van der Waals surface area contributed by atoms with Crippen LogP contribution in [0.4, 0.5) is 4.39 Å². The summed E-state index contributed by atoms with van der Waals surface area (Å²) >= 11 is 0. The molecule has 1 unspecified atom stereocenters. The zero-order valence-corrected chi connectivity index (χ0v) is 20.6. The minimum absolute atomic E-state index is 0.102. The van der Waals surface area contributed by atoms with Crippen LogP contribution in [0.1, 0.15) is 48.4 Å². The molecular weight excluding hydrogens is 459 g/mol. The molecule has 0 radical (unpaired) electrons. The van der Waals surface area contributed by atoms with Crippen molar-refractivity contribution in [3.05, 3.63) is 87.6 Å². The molecule has 36 heavy (non-hydrogen) atoms. The highest BCUT2D eigenvalue weighted by atomic mass is 19.1. The molecule has 186 valence electrons. The first-order chi connectivity index (χ1) is 17.2. The van der Waals surface area contributed by atoms with Crippen LogP contribution in [0.15, 0.2) is 59.5 Å². The number of amides is 1. The number of aromatic nitrogens is 2. The molecule has 1 fully saturated rings. The predicted molar refractivity (Wildman–Crippen MR) is 138 cm³/mol. The fraction of sp³-hybridized carbons (Fsp3) is 0.321. The van der Waals surface area contributed by atoms with Crippen LogP contribution >= 0.6 is 0 Å². The van der Waals surface area contributed by atoms with Gasteiger partial charge in [-0.25, -0.2) is 4.39 Å². The van der Waals surface area contributed by atoms with Crippen LogP contribution in [-0.4, -0.2) is 47.1 Å². The first kappa shape index (κ1) is 24.1. The molecule has 0 aliphatic carbocycles. The summed E-state index contributed by atoms with van der Waals surface area (Å²) in [6, 6.07) is 13.5. The van der Waals surface area contributed by atoms with E-state index in [1.54, 1.807) is 24.4 Å². The molecule has 3 heterocycles. The number of nitrogens with zero attached hydrogens (tertiary/aromatic N) is 2. The maximum Gasteiger partial charge on any atom is 0.255 e. The first-order valence-corrected chi connectivity index (χ1v) is 12.1. The number of H-pyrrole nitrogens is 1. The van der Waals surface area contributed by atoms with Crippen LogP contribution in [0.5, 0.6) is 0 Å². The highest BCUT2D eigenvalue weighted by Gasteiger charge is 2.27. The maximum absolute atomic E-state index is 15.1. The molecule has 0 bridgehead atoms. The number of hydrogen-bond acceptors (Lipinski definition) is 5. The summed E-state index contributed by atoms with van der Waals surface area (Å²) in [5, 5.41) is 3.64. The van der Waals surface area contributed by atoms with E-state index >= 15 is 4.39 Å². The van der Waals surface area contributed by atoms with Gasteiger partial charge in [-0.05, 0) is 62.7 Å². The van der Waals surface area contributed by atoms with Crippen molar-refractivity contribution in [2.24, 2.45) is 0 Å². The summed E-state index contributed by atoms with van der Waals surface area (Å²) in [5.74, 6) is -1.30. The summed E-state index contributed by atoms with van der Waals surface area (Å²) in [6.45, 7) is 8.93. The number of morpholine rings is 1. The Morgan fingerprint density at radius 1 is 1.11 bits per heavy atom. The number of nitrogens with one attached hydrogen (secondary N) is 2. The van der Waals surface area contributed by atoms with Crippen molar-refractivity contribution in [3.8, 4) is 0 Å². The minimum Gasteiger partial charge on any atom is -0.379 e. The van der Waals surface area contributed by atoms with Gasteiger partial charge in [0.05, 0.1) is 35.5 Å². The maximum atomic E-state index is 15.1. The van der Waals surface area contributed by atoms with E-state index < -0.39 is 17.3 Å². The summed E-state index contributed by atoms with van der Waals surface area (Å²) in [6.07, 6.45) is 1.74. The van der Waals surface area contributed by atoms with Gasteiger partial charge in [0.1, 0.15) is 5.82 Å². The van der Waals surface area contributed by atoms with Crippen molar-refractivity contribution >= 4 is 27.7 Å². The fourth-order valence-corrected chi connectivity index (χ4v) is 4.76. The zero-order chi connectivity index (χ0) is 25.4. The molecule has 1 saturated heterocycles. The second-order valence-corrected chi connectivity index (χ2v) is 9.75. The highest BCUT2D eigenvalue weighted by Crippen LogP contribution is 2.26. The Hall–Kier alpha value is -3.62. The second-order valence-electron chi connectivity index (χ2n) is 9.75. The molecule has 8 heteroatoms. The van der Waals surface area contributed by atoms with Crippen LogP contribution in [0.25, 0.3) is 21.8 Å². The number of carbonyl (C=O) groups excluding carboxylic acids is 1. The Labute approximate surface area is 208 Å². The number of halogens is 1. The van der Waals surface area contributed by atoms with Gasteiger partial charge < -0.3 is 15.0 Å². The number of pyridine rings is 2. The van der Waals surface area contributed by atoms with Gasteiger partial charge in [-0.1, -0.05) is 12.1 Å². The fourth-order valence-electron chi connectivity index (χ4n) is 4.76. The highest BCUT2D eigenvalue weighted by molar-refractivity contribution is 6.00. The van der Waals surface area contributed by atoms with E-state index in [-0.39, 0.29) is 22.4 Å². The van der Waals surface area contributed by atoms with Crippen molar-refractivity contribution in [2.45, 2.75) is 32.4 Å². The molecule has 2 aromatic heterocycles. The second kappa shape index (κ2) is 9.44. The Bertz CT molecular complexity index is 1510. The smallest absolute Gasteiger partial charge is 0.255 e. The number of benzene rings is 2. The van der Waals surface area contributed by atoms with Crippen LogP contribution in [0.2, 0.25) is 0 Å². The van der Waals surface area contributed by atoms with Gasteiger partial charge in [0.25, 0.3) is 5.91 Å². The van der Waals surface area contributed by atoms with Crippen molar-refractivity contribution in [3.63, 3.8) is 0 Å². The zero-order valence-electron chi connectivity index (χ0n) is 20.6. The molecule has 4 aromatic rings. The topological polar surface area (TPSA) is 87.3 Å². The number of aromatic amines is 1. The van der Waals surface area contributed by atoms with Gasteiger partial charge in [-0.2, -0.15) is 0 Å². The van der Waals surface area contributed by atoms with Gasteiger partial charge in [-0.15, -0.1) is 0 Å². The number of rotatable bonds is 5. The standard InChI is InChI=1S/C28H29FN4O3/c1-17(33-10-12-36-13-11-33)24-14-18(8-9-30-24)28(2,3)32-27(35)20-16-25-21(15-22(20)29)26(34)19-6-4-5-7-23(19)31-25/h4-9,14-17H,10-13H2,1-3H3,(H,31,34)(H,32,35). The third-order valence-corrected chi connectivity index (χ3v) is 6.99. The number of hydrogen-bond donors (Lipinski definition) is 2. The van der Waals surface area contributed by atoms with E-state index in [1.165, 1.54) is 6.07 Å². The third-order valence-electron chi connectivity index (χ3n) is 6.99. The molecule has 1 atom stereocenters. The first-order valence-electron chi connectivity index (χ1n) is 12.1. The van der Waals surface area contributed by atoms with E-state index in [1.807, 2.05) is 32.0 Å². The number of para-hydroxylation sites is 1. The summed E-state index contributed by atoms with van der Waals surface area (Å²) in [5.41, 5.74) is 1.61. The van der Waals surface area contributed by atoms with E-state index in [2.05, 4.69) is 27.1 Å². The quantitative estimate of drug-likeness (QED) is 0.410. The third kappa shape index (κ3) is 4.50. The van der Waals surface area contributed by atoms with Crippen LogP contribution in [-0.2, 0) is 10.3 Å². The van der Waals surface area contributed by atoms with E-state index in [0.29, 0.717) is 29.6 Å². The molecule has 5 rings (SSSR count). The average Bonchev–Trinajstić information content (AvgIpc) is 2.89. The summed E-state index contributed by atoms with van der Waals surface area (Å²) in [4.78, 5) is 36.1. The normalized spacial score (nSPS) is 15.8. The van der Waals surface area contributed by atoms with E-state index in [9.17, 15) is 9.59 Å². The van der Waals surface area contributed by atoms with Crippen molar-refractivity contribution in [1.82, 2.24) is 20.2 Å². The molecule has 1 aliphatic heterocycles. The molecular formula is C28H29FN4O3. The van der Waals surface area contributed by atoms with Crippen LogP contribution in [0.3, 0.4) is 0 Å². The van der Waals surface area contributed by atoms with Gasteiger partial charge in [0, 0.05) is 41.6 Å². The molecule has 1 aliphatic rings. The Morgan fingerprint density at radius 2 is 1.86 bits per heavy atom. The molecule has 0 spiro atoms. The number of ether oxygens (including phenoxy) is 1. The molecule has 0 saturated carbocycles. The average molecular weight is 489 g/mol. The Balaban J connectivity index is 1.43. The summed E-state index contributed by atoms with van der Waals surface area (Å²) < 4.78 is 20.5. The van der Waals surface area contributed by atoms with Gasteiger partial charge in [0.2, 0.25) is 0 Å². The van der Waals surface area contributed by atoms with E-state index in [4.69, 9.17) is 4.74 Å². The molecule has 7 nitrogen and oxygen atoms in total. The lowest BCUT2D eigenvalue weighted by atomic mass is 9.93. The lowest BCUT2D eigenvalue weighted by Crippen LogP contribution is -2.42. The van der Waals surface area contributed by atoms with Crippen molar-refractivity contribution in [1.29, 1.82) is 0 Å². The van der Waals surface area contributed by atoms with Crippen molar-refractivity contribution in [2.75, 3.05) is 26.3 Å². The van der Waals surface area contributed by atoms with Crippen molar-refractivity contribution < 1.29 is 13.9 Å². The van der Waals surface area contributed by atoms with Gasteiger partial charge in [0.15, 0.2) is 5.43 Å². The molecule has 2 N–H and O–H groups in total. The number of carbonyl (C=O) groups is 1. The molecule has 1 amide bonds. The van der Waals surface area contributed by atoms with Gasteiger partial charge in [-0.3, -0.25) is 19.5 Å². The largest absolute Gasteiger partial charge is 0.379 e. The van der Waals surface area contributed by atoms with Gasteiger partial charge >= 0.3 is 0 Å². The Morgan fingerprint density at radius 3 is 2.64 bits per heavy atom. The SMILES string of the molecule is CC(c1cc(C(C)(C)NC(=O)c2cc3[nH]c4ccccc4c(=O)c3cc2F)ccn1)N1CCOCC1. The minimum atomic E-state index is -0.794. The molecule has 2 aromatic carbocycles. The summed E-state index contributed by atoms with van der Waals surface area (Å²) in [7, 11) is 0. The Kier molecular flexibility index (Phi) is 6.32. The lowest BCUT2D eigenvalue weighted by Gasteiger charge is -2.33. The van der Waals surface area contributed by atoms with Crippen LogP contribution < -0.4 is 10.7 Å². The lowest BCUT2D eigenvalue weighted by molar-refractivity contribution is 0.0190. The number of fused-ring (bicyclic) bond motifs is 2. The van der Waals surface area contributed by atoms with Crippen LogP contribution in [0, 0.1) is 5.82 Å².